The second kappa shape index (κ2) is 9.38. The Morgan fingerprint density at radius 1 is 1.23 bits per heavy atom. The van der Waals surface area contributed by atoms with Crippen LogP contribution < -0.4 is 5.32 Å². The summed E-state index contributed by atoms with van der Waals surface area (Å²) in [7, 11) is 0. The van der Waals surface area contributed by atoms with Crippen LogP contribution in [0.3, 0.4) is 0 Å². The van der Waals surface area contributed by atoms with Gasteiger partial charge in [-0.3, -0.25) is 4.90 Å². The summed E-state index contributed by atoms with van der Waals surface area (Å²) in [6, 6.07) is 7.64. The number of halogens is 3. The zero-order valence-corrected chi connectivity index (χ0v) is 14.5. The van der Waals surface area contributed by atoms with Gasteiger partial charge in [0.25, 0.3) is 0 Å². The van der Waals surface area contributed by atoms with Gasteiger partial charge in [0.2, 0.25) is 5.89 Å². The molecule has 0 spiro atoms. The summed E-state index contributed by atoms with van der Waals surface area (Å²) in [5.41, 5.74) is 0.966. The van der Waals surface area contributed by atoms with Crippen molar-refractivity contribution in [3.8, 4) is 11.3 Å². The van der Waals surface area contributed by atoms with E-state index < -0.39 is 0 Å². The zero-order valence-electron chi connectivity index (χ0n) is 12.1. The van der Waals surface area contributed by atoms with Crippen molar-refractivity contribution in [2.24, 2.45) is 0 Å². The minimum atomic E-state index is 0. The van der Waals surface area contributed by atoms with Crippen molar-refractivity contribution in [3.63, 3.8) is 0 Å². The molecule has 22 heavy (non-hydrogen) atoms. The average molecular weight is 365 g/mol. The molecule has 0 unspecified atom stereocenters. The predicted octanol–water partition coefficient (Wildman–Crippen LogP) is 3.63. The van der Waals surface area contributed by atoms with E-state index in [4.69, 9.17) is 16.0 Å². The Balaban J connectivity index is 0.00000121. The van der Waals surface area contributed by atoms with E-state index in [1.54, 1.807) is 6.20 Å². The first-order valence-corrected chi connectivity index (χ1v) is 7.33. The minimum Gasteiger partial charge on any atom is -0.439 e. The normalized spacial score (nSPS) is 15.5. The van der Waals surface area contributed by atoms with E-state index in [2.05, 4.69) is 15.2 Å². The third-order valence-corrected chi connectivity index (χ3v) is 3.69. The lowest BCUT2D eigenvalue weighted by Gasteiger charge is -2.16. The van der Waals surface area contributed by atoms with Crippen LogP contribution in [0.25, 0.3) is 11.3 Å². The lowest BCUT2D eigenvalue weighted by molar-refractivity contribution is 0.255. The van der Waals surface area contributed by atoms with Crippen molar-refractivity contribution < 1.29 is 4.42 Å². The third kappa shape index (κ3) is 5.14. The summed E-state index contributed by atoms with van der Waals surface area (Å²) in [5.74, 6) is 1.54. The molecule has 4 nitrogen and oxygen atoms in total. The summed E-state index contributed by atoms with van der Waals surface area (Å²) in [6.07, 6.45) is 2.94. The molecule has 0 radical (unpaired) electrons. The number of aromatic nitrogens is 1. The van der Waals surface area contributed by atoms with Crippen LogP contribution in [-0.2, 0) is 6.54 Å². The molecule has 2 aromatic rings. The van der Waals surface area contributed by atoms with Crippen molar-refractivity contribution in [3.05, 3.63) is 41.4 Å². The largest absolute Gasteiger partial charge is 0.439 e. The van der Waals surface area contributed by atoms with Crippen LogP contribution in [-0.4, -0.2) is 36.1 Å². The van der Waals surface area contributed by atoms with Crippen LogP contribution >= 0.6 is 36.4 Å². The first kappa shape index (κ1) is 19.3. The minimum absolute atomic E-state index is 0. The maximum Gasteiger partial charge on any atom is 0.209 e. The molecular weight excluding hydrogens is 345 g/mol. The topological polar surface area (TPSA) is 41.3 Å². The lowest BCUT2D eigenvalue weighted by Crippen LogP contribution is -2.27. The van der Waals surface area contributed by atoms with Gasteiger partial charge in [0.05, 0.1) is 12.7 Å². The van der Waals surface area contributed by atoms with Gasteiger partial charge >= 0.3 is 0 Å². The number of rotatable bonds is 3. The lowest BCUT2D eigenvalue weighted by atomic mass is 10.2. The summed E-state index contributed by atoms with van der Waals surface area (Å²) in [5, 5.41) is 4.10. The number of hydrogen-bond donors (Lipinski definition) is 1. The summed E-state index contributed by atoms with van der Waals surface area (Å²) in [6.45, 7) is 5.01. The first-order valence-electron chi connectivity index (χ1n) is 6.95. The molecule has 2 heterocycles. The Labute approximate surface area is 148 Å². The number of nitrogens with one attached hydrogen (secondary N) is 1. The Morgan fingerprint density at radius 3 is 2.91 bits per heavy atom. The van der Waals surface area contributed by atoms with Gasteiger partial charge in [0.15, 0.2) is 5.76 Å². The molecule has 1 N–H and O–H groups in total. The second-order valence-electron chi connectivity index (χ2n) is 5.01. The Kier molecular flexibility index (Phi) is 8.21. The Bertz CT molecular complexity index is 569. The van der Waals surface area contributed by atoms with Crippen LogP contribution in [0, 0.1) is 0 Å². The van der Waals surface area contributed by atoms with Gasteiger partial charge in [-0.2, -0.15) is 0 Å². The molecule has 0 amide bonds. The third-order valence-electron chi connectivity index (χ3n) is 3.45. The van der Waals surface area contributed by atoms with Crippen LogP contribution in [0.15, 0.2) is 34.9 Å². The fourth-order valence-electron chi connectivity index (χ4n) is 2.41. The van der Waals surface area contributed by atoms with Crippen molar-refractivity contribution in [2.75, 3.05) is 26.2 Å². The number of nitrogens with zero attached hydrogens (tertiary/aromatic N) is 2. The first-order chi connectivity index (χ1) is 9.81. The highest BCUT2D eigenvalue weighted by molar-refractivity contribution is 6.30. The SMILES string of the molecule is Cl.Cl.Clc1cccc(-c2cnc(CN3CCCNCC3)o2)c1. The zero-order chi connectivity index (χ0) is 13.8. The summed E-state index contributed by atoms with van der Waals surface area (Å²) in [4.78, 5) is 6.74. The molecule has 122 valence electrons. The smallest absolute Gasteiger partial charge is 0.209 e. The van der Waals surface area contributed by atoms with Gasteiger partial charge in [0.1, 0.15) is 0 Å². The fraction of sp³-hybridized carbons (Fsp3) is 0.400. The highest BCUT2D eigenvalue weighted by Crippen LogP contribution is 2.23. The highest BCUT2D eigenvalue weighted by Gasteiger charge is 2.13. The molecule has 0 aliphatic carbocycles. The summed E-state index contributed by atoms with van der Waals surface area (Å²) >= 11 is 6.00. The molecule has 1 fully saturated rings. The Hall–Kier alpha value is -0.780. The molecule has 1 aliphatic rings. The van der Waals surface area contributed by atoms with E-state index in [1.807, 2.05) is 24.3 Å². The van der Waals surface area contributed by atoms with Gasteiger partial charge in [-0.25, -0.2) is 4.98 Å². The Morgan fingerprint density at radius 2 is 2.09 bits per heavy atom. The maximum atomic E-state index is 6.00. The van der Waals surface area contributed by atoms with Crippen molar-refractivity contribution in [1.29, 1.82) is 0 Å². The van der Waals surface area contributed by atoms with Crippen molar-refractivity contribution >= 4 is 36.4 Å². The predicted molar refractivity (Wildman–Crippen MR) is 94.2 cm³/mol. The number of hydrogen-bond acceptors (Lipinski definition) is 4. The quantitative estimate of drug-likeness (QED) is 0.903. The van der Waals surface area contributed by atoms with E-state index in [0.29, 0.717) is 5.02 Å². The molecule has 1 saturated heterocycles. The number of oxazole rings is 1. The molecule has 0 saturated carbocycles. The summed E-state index contributed by atoms with van der Waals surface area (Å²) < 4.78 is 5.84. The van der Waals surface area contributed by atoms with E-state index in [1.165, 1.54) is 6.42 Å². The standard InChI is InChI=1S/C15H18ClN3O.2ClH/c16-13-4-1-3-12(9-13)14-10-18-15(20-14)11-19-7-2-5-17-6-8-19;;/h1,3-4,9-10,17H,2,5-8,11H2;2*1H. The fourth-order valence-corrected chi connectivity index (χ4v) is 2.60. The molecular formula is C15H20Cl3N3O. The van der Waals surface area contributed by atoms with Gasteiger partial charge < -0.3 is 9.73 Å². The molecule has 1 aromatic carbocycles. The molecule has 1 aliphatic heterocycles. The van der Waals surface area contributed by atoms with Crippen LogP contribution in [0.5, 0.6) is 0 Å². The molecule has 1 aromatic heterocycles. The van der Waals surface area contributed by atoms with E-state index in [0.717, 1.165) is 49.9 Å². The molecule has 3 rings (SSSR count). The van der Waals surface area contributed by atoms with Crippen LogP contribution in [0.1, 0.15) is 12.3 Å². The van der Waals surface area contributed by atoms with Gasteiger partial charge in [0, 0.05) is 23.7 Å². The molecule has 0 bridgehead atoms. The monoisotopic (exact) mass is 363 g/mol. The van der Waals surface area contributed by atoms with E-state index >= 15 is 0 Å². The highest BCUT2D eigenvalue weighted by atomic mass is 35.5. The van der Waals surface area contributed by atoms with Gasteiger partial charge in [-0.1, -0.05) is 23.7 Å². The van der Waals surface area contributed by atoms with E-state index in [-0.39, 0.29) is 24.8 Å². The molecule has 0 atom stereocenters. The van der Waals surface area contributed by atoms with Gasteiger partial charge in [-0.05, 0) is 31.6 Å². The second-order valence-corrected chi connectivity index (χ2v) is 5.44. The van der Waals surface area contributed by atoms with Crippen molar-refractivity contribution in [1.82, 2.24) is 15.2 Å². The number of benzene rings is 1. The van der Waals surface area contributed by atoms with Crippen molar-refractivity contribution in [2.45, 2.75) is 13.0 Å². The van der Waals surface area contributed by atoms with E-state index in [9.17, 15) is 0 Å². The molecule has 7 heteroatoms. The van der Waals surface area contributed by atoms with Crippen LogP contribution in [0.2, 0.25) is 5.02 Å². The van der Waals surface area contributed by atoms with Gasteiger partial charge in [-0.15, -0.1) is 24.8 Å². The van der Waals surface area contributed by atoms with Crippen LogP contribution in [0.4, 0.5) is 0 Å². The average Bonchev–Trinajstić information content (AvgIpc) is 2.75. The maximum absolute atomic E-state index is 6.00.